The van der Waals surface area contributed by atoms with Gasteiger partial charge in [-0.05, 0) is 89.5 Å². The maximum absolute atomic E-state index is 12.8. The van der Waals surface area contributed by atoms with Crippen molar-refractivity contribution in [2.24, 2.45) is 0 Å². The molecule has 7 N–H and O–H groups in total. The van der Waals surface area contributed by atoms with Crippen LogP contribution in [-0.4, -0.2) is 96.9 Å². The van der Waals surface area contributed by atoms with E-state index in [0.29, 0.717) is 32.1 Å². The Morgan fingerprint density at radius 3 is 1.97 bits per heavy atom. The minimum atomic E-state index is -5.47. The van der Waals surface area contributed by atoms with Crippen LogP contribution in [0.15, 0.2) is 126 Å². The summed E-state index contributed by atoms with van der Waals surface area (Å²) in [6, 6.07) is 1.23. The van der Waals surface area contributed by atoms with E-state index in [-0.39, 0.29) is 25.1 Å². The second-order valence-corrected chi connectivity index (χ2v) is 19.8. The quantitative estimate of drug-likeness (QED) is 0.0118. The van der Waals surface area contributed by atoms with Gasteiger partial charge in [0.25, 0.3) is 0 Å². The third-order valence-corrected chi connectivity index (χ3v) is 13.0. The fourth-order valence-electron chi connectivity index (χ4n) is 6.55. The monoisotopic (exact) mass is 1060 g/mol. The van der Waals surface area contributed by atoms with E-state index in [1.807, 2.05) is 48.6 Å². The second-order valence-electron chi connectivity index (χ2n) is 16.8. The Kier molecular flexibility index (Phi) is 34.4. The first-order valence-corrected chi connectivity index (χ1v) is 28.0. The number of nitrogens with two attached hydrogens (primary N) is 1. The van der Waals surface area contributed by atoms with E-state index in [9.17, 15) is 48.6 Å². The minimum Gasteiger partial charge on any atom is -0.462 e. The Balaban J connectivity index is 1.88. The molecule has 3 unspecified atom stereocenters. The number of aliphatic hydroxyl groups is 3. The first-order chi connectivity index (χ1) is 35.1. The van der Waals surface area contributed by atoms with Gasteiger partial charge in [0.15, 0.2) is 12.3 Å². The van der Waals surface area contributed by atoms with Crippen molar-refractivity contribution in [2.45, 2.75) is 160 Å². The van der Waals surface area contributed by atoms with Crippen LogP contribution in [0.1, 0.15) is 129 Å². The standard InChI is InChI=1S/C52H79N3O16P2/c1-3-5-7-9-11-12-13-14-15-16-17-21-24-28-32-36-47(57)66-40-44(69-48(58)37-33-29-25-22-19-18-20-23-27-31-35-43(56)34-30-26-10-8-6-4-2)41-67-72(62,63)71-73(64,65)68-42-45-49(59)50(60)51(70-45)55-39-38-46(53)54-52(55)61/h6,8,11-12,14-15,17-19,21,23,25-27,29-31,35,38-39,43-45,49-51,56,59-60H,3-5,7,9-10,13,16,20,22,24,28,32-34,36-37,40-42H2,1-2H3,(H,62,63)(H,64,65)(H2,53,54,61)/b8-6-,12-11-,15-14-,19-18-,21-17-,27-23-,29-25-,30-26-,35-31+/t43?,44-,45-,49-,50-,51-/m1/s1. The van der Waals surface area contributed by atoms with Crippen LogP contribution in [0, 0.1) is 0 Å². The van der Waals surface area contributed by atoms with Crippen molar-refractivity contribution in [3.63, 3.8) is 0 Å². The van der Waals surface area contributed by atoms with Crippen LogP contribution in [0.3, 0.4) is 0 Å². The summed E-state index contributed by atoms with van der Waals surface area (Å²) in [7, 11) is -10.9. The molecule has 21 heteroatoms. The number of rotatable bonds is 39. The average molecular weight is 1060 g/mol. The maximum Gasteiger partial charge on any atom is 0.481 e. The van der Waals surface area contributed by atoms with Gasteiger partial charge in [0, 0.05) is 19.0 Å². The van der Waals surface area contributed by atoms with Gasteiger partial charge in [-0.25, -0.2) is 13.9 Å². The van der Waals surface area contributed by atoms with E-state index >= 15 is 0 Å². The molecule has 19 nitrogen and oxygen atoms in total. The average Bonchev–Trinajstić information content (AvgIpc) is 3.62. The van der Waals surface area contributed by atoms with Gasteiger partial charge >= 0.3 is 33.3 Å². The van der Waals surface area contributed by atoms with Crippen LogP contribution in [-0.2, 0) is 46.3 Å². The third kappa shape index (κ3) is 31.7. The number of allylic oxidation sites excluding steroid dienone is 16. The van der Waals surface area contributed by atoms with Crippen LogP contribution in [0.25, 0.3) is 0 Å². The van der Waals surface area contributed by atoms with Crippen molar-refractivity contribution in [1.29, 1.82) is 0 Å². The number of carbonyl (C=O) groups excluding carboxylic acids is 2. The van der Waals surface area contributed by atoms with E-state index in [2.05, 4.69) is 65.7 Å². The molecule has 1 aromatic heterocycles. The van der Waals surface area contributed by atoms with Gasteiger partial charge in [-0.2, -0.15) is 9.29 Å². The molecule has 1 saturated heterocycles. The molecule has 2 heterocycles. The van der Waals surface area contributed by atoms with Gasteiger partial charge in [-0.1, -0.05) is 136 Å². The minimum absolute atomic E-state index is 0.0454. The highest BCUT2D eigenvalue weighted by Gasteiger charge is 2.46. The lowest BCUT2D eigenvalue weighted by Gasteiger charge is -2.21. The van der Waals surface area contributed by atoms with Crippen molar-refractivity contribution in [2.75, 3.05) is 25.6 Å². The van der Waals surface area contributed by atoms with Crippen LogP contribution in [0.5, 0.6) is 0 Å². The van der Waals surface area contributed by atoms with Crippen molar-refractivity contribution in [1.82, 2.24) is 9.55 Å². The number of ether oxygens (including phenoxy) is 3. The number of aromatic nitrogens is 2. The molecular weight excluding hydrogens is 985 g/mol. The number of unbranched alkanes of at least 4 members (excludes halogenated alkanes) is 5. The molecule has 1 aliphatic rings. The topological polar surface area (TPSA) is 286 Å². The summed E-state index contributed by atoms with van der Waals surface area (Å²) in [4.78, 5) is 61.8. The number of nitrogen functional groups attached to an aromatic ring is 1. The molecule has 1 fully saturated rings. The van der Waals surface area contributed by atoms with E-state index in [0.717, 1.165) is 49.3 Å². The Morgan fingerprint density at radius 1 is 0.740 bits per heavy atom. The number of anilines is 1. The number of hydrogen-bond acceptors (Lipinski definition) is 16. The van der Waals surface area contributed by atoms with E-state index in [1.54, 1.807) is 18.2 Å². The van der Waals surface area contributed by atoms with Crippen LogP contribution in [0.2, 0.25) is 0 Å². The molecular formula is C52H79N3O16P2. The van der Waals surface area contributed by atoms with Crippen LogP contribution >= 0.6 is 15.6 Å². The Bertz CT molecular complexity index is 2170. The van der Waals surface area contributed by atoms with Crippen LogP contribution in [0.4, 0.5) is 5.82 Å². The molecule has 0 radical (unpaired) electrons. The number of aliphatic hydroxyl groups excluding tert-OH is 3. The number of phosphoric acid groups is 2. The molecule has 73 heavy (non-hydrogen) atoms. The maximum atomic E-state index is 12.8. The fourth-order valence-corrected chi connectivity index (χ4v) is 8.66. The molecule has 0 saturated carbocycles. The summed E-state index contributed by atoms with van der Waals surface area (Å²) in [5.74, 6) is -1.49. The third-order valence-electron chi connectivity index (χ3n) is 10.4. The molecule has 1 aromatic rings. The van der Waals surface area contributed by atoms with Gasteiger partial charge in [-0.15, -0.1) is 0 Å². The predicted octanol–water partition coefficient (Wildman–Crippen LogP) is 9.19. The fraction of sp³-hybridized carbons (Fsp3) is 0.538. The Morgan fingerprint density at radius 2 is 1.33 bits per heavy atom. The number of hydrogen-bond donors (Lipinski definition) is 6. The summed E-state index contributed by atoms with van der Waals surface area (Å²) in [5, 5.41) is 31.0. The Labute approximate surface area is 430 Å². The smallest absolute Gasteiger partial charge is 0.462 e. The lowest BCUT2D eigenvalue weighted by Crippen LogP contribution is -2.36. The van der Waals surface area contributed by atoms with E-state index in [1.165, 1.54) is 25.3 Å². The summed E-state index contributed by atoms with van der Waals surface area (Å²) >= 11 is 0. The molecule has 0 amide bonds. The van der Waals surface area contributed by atoms with E-state index < -0.39 is 89.8 Å². The number of nitrogens with zero attached hydrogens (tertiary/aromatic N) is 2. The highest BCUT2D eigenvalue weighted by atomic mass is 31.3. The summed E-state index contributed by atoms with van der Waals surface area (Å²) in [6.07, 6.45) is 40.7. The number of esters is 2. The zero-order valence-electron chi connectivity index (χ0n) is 42.2. The zero-order valence-corrected chi connectivity index (χ0v) is 44.0. The van der Waals surface area contributed by atoms with Gasteiger partial charge in [0.1, 0.15) is 30.7 Å². The number of carbonyl (C=O) groups is 2. The molecule has 0 aromatic carbocycles. The van der Waals surface area contributed by atoms with Gasteiger partial charge in [0.05, 0.1) is 19.3 Å². The SMILES string of the molecule is CC/C=C\C/C=C\CC(O)/C=C/C=C\C/C=C\C/C=C\CCC(=O)O[C@H](COC(=O)CCCC/C=C\C/C=C\C/C=C\CCCCC)COP(=O)(O)OP(=O)(O)OC[C@H]1O[C@@H](n2ccc(N)nc2=O)[C@H](O)[C@@H]1O. The molecule has 0 bridgehead atoms. The summed E-state index contributed by atoms with van der Waals surface area (Å²) < 4.78 is 56.6. The zero-order chi connectivity index (χ0) is 53.6. The second kappa shape index (κ2) is 38.9. The summed E-state index contributed by atoms with van der Waals surface area (Å²) in [5.41, 5.74) is 4.57. The van der Waals surface area contributed by atoms with Gasteiger partial charge in [0.2, 0.25) is 0 Å². The van der Waals surface area contributed by atoms with Crippen molar-refractivity contribution >= 4 is 33.4 Å². The highest BCUT2D eigenvalue weighted by Crippen LogP contribution is 2.60. The molecule has 1 aliphatic heterocycles. The predicted molar refractivity (Wildman–Crippen MR) is 280 cm³/mol. The molecule has 2 rings (SSSR count). The normalized spacial score (nSPS) is 20.3. The van der Waals surface area contributed by atoms with Gasteiger partial charge in [-0.3, -0.25) is 23.2 Å². The largest absolute Gasteiger partial charge is 0.481 e. The summed E-state index contributed by atoms with van der Waals surface area (Å²) in [6.45, 7) is 1.81. The van der Waals surface area contributed by atoms with Crippen molar-refractivity contribution in [3.8, 4) is 0 Å². The lowest BCUT2D eigenvalue weighted by molar-refractivity contribution is -0.161. The van der Waals surface area contributed by atoms with Gasteiger partial charge < -0.3 is 45.1 Å². The van der Waals surface area contributed by atoms with Crippen molar-refractivity contribution in [3.05, 3.63) is 132 Å². The number of phosphoric ester groups is 2. The first-order valence-electron chi connectivity index (χ1n) is 25.0. The molecule has 0 spiro atoms. The first kappa shape index (κ1) is 64.5. The van der Waals surface area contributed by atoms with E-state index in [4.69, 9.17) is 29.0 Å². The molecule has 408 valence electrons. The highest BCUT2D eigenvalue weighted by molar-refractivity contribution is 7.61. The lowest BCUT2D eigenvalue weighted by atomic mass is 10.1. The van der Waals surface area contributed by atoms with Crippen molar-refractivity contribution < 1.29 is 71.4 Å². The molecule has 8 atom stereocenters. The molecule has 0 aliphatic carbocycles. The Hall–Kier alpha value is -4.62. The van der Waals surface area contributed by atoms with Crippen LogP contribution < -0.4 is 11.4 Å².